The van der Waals surface area contributed by atoms with Crippen LogP contribution in [0.5, 0.6) is 0 Å². The molecule has 1 atom stereocenters. The number of rotatable bonds is 5. The molecule has 1 unspecified atom stereocenters. The van der Waals surface area contributed by atoms with Crippen molar-refractivity contribution in [3.8, 4) is 11.8 Å². The number of hydrogen-bond donors (Lipinski definition) is 1. The van der Waals surface area contributed by atoms with Gasteiger partial charge in [-0.25, -0.2) is 4.79 Å². The van der Waals surface area contributed by atoms with E-state index in [2.05, 4.69) is 17.2 Å². The van der Waals surface area contributed by atoms with Crippen LogP contribution in [0.3, 0.4) is 0 Å². The Morgan fingerprint density at radius 2 is 2.17 bits per heavy atom. The highest BCUT2D eigenvalue weighted by molar-refractivity contribution is 7.09. The highest BCUT2D eigenvalue weighted by Gasteiger charge is 2.30. The average Bonchev–Trinajstić information content (AvgIpc) is 3.38. The van der Waals surface area contributed by atoms with Crippen molar-refractivity contribution in [2.24, 2.45) is 0 Å². The SMILES string of the molecule is O=C(NCC#Cc1cccc(C(F)(F)F)c1)N(Cc1cccs1)CC1CCCO1. The van der Waals surface area contributed by atoms with E-state index in [0.29, 0.717) is 19.7 Å². The fourth-order valence-corrected chi connectivity index (χ4v) is 3.71. The molecule has 1 aliphatic heterocycles. The van der Waals surface area contributed by atoms with Crippen LogP contribution in [0.1, 0.15) is 28.8 Å². The van der Waals surface area contributed by atoms with Crippen LogP contribution in [0.2, 0.25) is 0 Å². The molecule has 0 saturated carbocycles. The predicted octanol–water partition coefficient (Wildman–Crippen LogP) is 4.51. The number of nitrogens with zero attached hydrogens (tertiary/aromatic N) is 1. The first-order valence-corrected chi connectivity index (χ1v) is 10.1. The van der Waals surface area contributed by atoms with Gasteiger partial charge in [-0.3, -0.25) is 0 Å². The highest BCUT2D eigenvalue weighted by Crippen LogP contribution is 2.29. The maximum atomic E-state index is 12.8. The zero-order valence-corrected chi connectivity index (χ0v) is 16.5. The minimum atomic E-state index is -4.41. The van der Waals surface area contributed by atoms with E-state index in [1.54, 1.807) is 16.2 Å². The first-order chi connectivity index (χ1) is 13.9. The molecular formula is C21H21F3N2O2S. The Morgan fingerprint density at radius 1 is 1.31 bits per heavy atom. The standard InChI is InChI=1S/C21H21F3N2O2S/c22-21(23,24)17-7-1-5-16(13-17)6-2-10-25-20(27)26(14-18-8-3-11-28-18)15-19-9-4-12-29-19/h1,4-5,7,9,12-13,18H,3,8,10-11,14-15H2,(H,25,27). The molecule has 2 amide bonds. The fraction of sp³-hybridized carbons (Fsp3) is 0.381. The summed E-state index contributed by atoms with van der Waals surface area (Å²) in [5, 5.41) is 4.68. The van der Waals surface area contributed by atoms with Gasteiger partial charge in [0.15, 0.2) is 0 Å². The minimum absolute atomic E-state index is 0.0249. The number of nitrogens with one attached hydrogen (secondary N) is 1. The Labute approximate surface area is 171 Å². The normalized spacial score (nSPS) is 16.2. The molecule has 0 spiro atoms. The van der Waals surface area contributed by atoms with Crippen molar-refractivity contribution in [3.63, 3.8) is 0 Å². The van der Waals surface area contributed by atoms with Crippen LogP contribution in [-0.4, -0.2) is 36.7 Å². The lowest BCUT2D eigenvalue weighted by atomic mass is 10.1. The van der Waals surface area contributed by atoms with Crippen molar-refractivity contribution < 1.29 is 22.7 Å². The third-order valence-electron chi connectivity index (χ3n) is 4.41. The Kier molecular flexibility index (Phi) is 7.18. The van der Waals surface area contributed by atoms with Gasteiger partial charge in [-0.2, -0.15) is 13.2 Å². The number of carbonyl (C=O) groups is 1. The van der Waals surface area contributed by atoms with E-state index >= 15 is 0 Å². The number of halogens is 3. The van der Waals surface area contributed by atoms with Gasteiger partial charge in [0, 0.05) is 23.6 Å². The molecule has 1 aromatic heterocycles. The molecule has 29 heavy (non-hydrogen) atoms. The molecule has 154 valence electrons. The van der Waals surface area contributed by atoms with E-state index in [-0.39, 0.29) is 24.2 Å². The van der Waals surface area contributed by atoms with Crippen LogP contribution in [0, 0.1) is 11.8 Å². The molecule has 1 aromatic carbocycles. The lowest BCUT2D eigenvalue weighted by Crippen LogP contribution is -2.43. The summed E-state index contributed by atoms with van der Waals surface area (Å²) in [6.45, 7) is 1.72. The Morgan fingerprint density at radius 3 is 2.86 bits per heavy atom. The summed E-state index contributed by atoms with van der Waals surface area (Å²) in [6, 6.07) is 8.44. The van der Waals surface area contributed by atoms with Gasteiger partial charge >= 0.3 is 12.2 Å². The fourth-order valence-electron chi connectivity index (χ4n) is 3.00. The summed E-state index contributed by atoms with van der Waals surface area (Å²) in [5.41, 5.74) is -0.490. The zero-order chi connectivity index (χ0) is 20.7. The minimum Gasteiger partial charge on any atom is -0.376 e. The number of hydrogen-bond acceptors (Lipinski definition) is 3. The van der Waals surface area contributed by atoms with Crippen molar-refractivity contribution >= 4 is 17.4 Å². The third-order valence-corrected chi connectivity index (χ3v) is 5.27. The van der Waals surface area contributed by atoms with Crippen molar-refractivity contribution in [1.82, 2.24) is 10.2 Å². The molecule has 0 radical (unpaired) electrons. The van der Waals surface area contributed by atoms with E-state index in [0.717, 1.165) is 29.9 Å². The molecule has 0 bridgehead atoms. The molecule has 1 N–H and O–H groups in total. The molecule has 3 rings (SSSR count). The highest BCUT2D eigenvalue weighted by atomic mass is 32.1. The molecule has 2 heterocycles. The van der Waals surface area contributed by atoms with Gasteiger partial charge in [0.2, 0.25) is 0 Å². The van der Waals surface area contributed by atoms with E-state index < -0.39 is 11.7 Å². The number of carbonyl (C=O) groups excluding carboxylic acids is 1. The number of alkyl halides is 3. The Balaban J connectivity index is 1.58. The monoisotopic (exact) mass is 422 g/mol. The van der Waals surface area contributed by atoms with E-state index in [4.69, 9.17) is 4.74 Å². The molecule has 1 aliphatic rings. The van der Waals surface area contributed by atoms with Gasteiger partial charge < -0.3 is 15.0 Å². The van der Waals surface area contributed by atoms with Gasteiger partial charge in [-0.05, 0) is 42.5 Å². The van der Waals surface area contributed by atoms with Crippen molar-refractivity contribution in [3.05, 3.63) is 57.8 Å². The largest absolute Gasteiger partial charge is 0.416 e. The summed E-state index contributed by atoms with van der Waals surface area (Å²) in [6.07, 6.45) is -2.47. The van der Waals surface area contributed by atoms with Gasteiger partial charge in [-0.15, -0.1) is 11.3 Å². The van der Waals surface area contributed by atoms with E-state index in [1.165, 1.54) is 12.1 Å². The van der Waals surface area contributed by atoms with Gasteiger partial charge in [0.25, 0.3) is 0 Å². The smallest absolute Gasteiger partial charge is 0.376 e. The summed E-state index contributed by atoms with van der Waals surface area (Å²) in [5.74, 6) is 5.38. The lowest BCUT2D eigenvalue weighted by Gasteiger charge is -2.25. The maximum Gasteiger partial charge on any atom is 0.416 e. The first kappa shape index (κ1) is 21.2. The summed E-state index contributed by atoms with van der Waals surface area (Å²) in [7, 11) is 0. The maximum absolute atomic E-state index is 12.8. The van der Waals surface area contributed by atoms with Crippen molar-refractivity contribution in [2.75, 3.05) is 19.7 Å². The third kappa shape index (κ3) is 6.51. The van der Waals surface area contributed by atoms with Gasteiger partial charge in [0.1, 0.15) is 0 Å². The number of urea groups is 1. The molecule has 8 heteroatoms. The average molecular weight is 422 g/mol. The first-order valence-electron chi connectivity index (χ1n) is 9.25. The zero-order valence-electron chi connectivity index (χ0n) is 15.7. The molecule has 0 aliphatic carbocycles. The second-order valence-electron chi connectivity index (χ2n) is 6.63. The second kappa shape index (κ2) is 9.81. The van der Waals surface area contributed by atoms with E-state index in [9.17, 15) is 18.0 Å². The van der Waals surface area contributed by atoms with Crippen LogP contribution >= 0.6 is 11.3 Å². The van der Waals surface area contributed by atoms with E-state index in [1.807, 2.05) is 17.5 Å². The summed E-state index contributed by atoms with van der Waals surface area (Å²) >= 11 is 1.57. The molecule has 4 nitrogen and oxygen atoms in total. The van der Waals surface area contributed by atoms with Crippen LogP contribution in [0.25, 0.3) is 0 Å². The van der Waals surface area contributed by atoms with Crippen molar-refractivity contribution in [1.29, 1.82) is 0 Å². The number of thiophene rings is 1. The van der Waals surface area contributed by atoms with Crippen LogP contribution in [0.4, 0.5) is 18.0 Å². The Hall–Kier alpha value is -2.50. The summed E-state index contributed by atoms with van der Waals surface area (Å²) in [4.78, 5) is 15.4. The second-order valence-corrected chi connectivity index (χ2v) is 7.67. The number of ether oxygens (including phenoxy) is 1. The molecular weight excluding hydrogens is 401 g/mol. The van der Waals surface area contributed by atoms with Crippen LogP contribution in [-0.2, 0) is 17.5 Å². The number of amides is 2. The Bertz CT molecular complexity index is 866. The molecule has 1 fully saturated rings. The lowest BCUT2D eigenvalue weighted by molar-refractivity contribution is -0.137. The van der Waals surface area contributed by atoms with Crippen molar-refractivity contribution in [2.45, 2.75) is 31.7 Å². The molecule has 2 aromatic rings. The molecule has 1 saturated heterocycles. The predicted molar refractivity (Wildman–Crippen MR) is 105 cm³/mol. The topological polar surface area (TPSA) is 41.6 Å². The van der Waals surface area contributed by atoms with Crippen LogP contribution in [0.15, 0.2) is 41.8 Å². The summed E-state index contributed by atoms with van der Waals surface area (Å²) < 4.78 is 43.9. The quantitative estimate of drug-likeness (QED) is 0.721. The van der Waals surface area contributed by atoms with Gasteiger partial charge in [0.05, 0.1) is 24.8 Å². The number of benzene rings is 1. The van der Waals surface area contributed by atoms with Gasteiger partial charge in [-0.1, -0.05) is 24.0 Å². The van der Waals surface area contributed by atoms with Crippen LogP contribution < -0.4 is 5.32 Å².